The number of hydrogen-bond acceptors (Lipinski definition) is 8. The van der Waals surface area contributed by atoms with Crippen LogP contribution in [0.3, 0.4) is 0 Å². The predicted octanol–water partition coefficient (Wildman–Crippen LogP) is 2.63. The van der Waals surface area contributed by atoms with Gasteiger partial charge in [-0.15, -0.1) is 0 Å². The van der Waals surface area contributed by atoms with Gasteiger partial charge in [-0.25, -0.2) is 4.79 Å². The maximum atomic E-state index is 12.1. The number of carbonyl (C=O) groups is 1. The Balaban J connectivity index is 1.54. The third kappa shape index (κ3) is 5.29. The number of nitrogens with two attached hydrogens (primary N) is 2. The van der Waals surface area contributed by atoms with Crippen molar-refractivity contribution in [2.24, 2.45) is 0 Å². The lowest BCUT2D eigenvalue weighted by Crippen LogP contribution is -2.11. The Morgan fingerprint density at radius 3 is 2.15 bits per heavy atom. The van der Waals surface area contributed by atoms with Crippen molar-refractivity contribution in [2.75, 3.05) is 11.5 Å². The van der Waals surface area contributed by atoms with Gasteiger partial charge in [0.15, 0.2) is 12.4 Å². The average molecular weight is 386 g/mol. The highest BCUT2D eigenvalue weighted by Crippen LogP contribution is 2.17. The Morgan fingerprint density at radius 1 is 0.889 bits per heavy atom. The molecular formula is C18H16ClN5O3. The van der Waals surface area contributed by atoms with Gasteiger partial charge in [0.25, 0.3) is 0 Å². The third-order valence-corrected chi connectivity index (χ3v) is 3.71. The summed E-state index contributed by atoms with van der Waals surface area (Å²) in [5, 5.41) is 0.646. The van der Waals surface area contributed by atoms with Gasteiger partial charge in [-0.2, -0.15) is 15.0 Å². The largest absolute Gasteiger partial charge is 0.489 e. The molecule has 3 rings (SSSR count). The van der Waals surface area contributed by atoms with Crippen molar-refractivity contribution in [1.82, 2.24) is 15.0 Å². The summed E-state index contributed by atoms with van der Waals surface area (Å²) in [4.78, 5) is 23.4. The zero-order valence-electron chi connectivity index (χ0n) is 14.1. The lowest BCUT2D eigenvalue weighted by Gasteiger charge is -2.08. The maximum absolute atomic E-state index is 12.1. The van der Waals surface area contributed by atoms with Crippen LogP contribution in [0.1, 0.15) is 21.7 Å². The Labute approximate surface area is 160 Å². The summed E-state index contributed by atoms with van der Waals surface area (Å²) in [6.45, 7) is 0.206. The molecule has 0 radical (unpaired) electrons. The molecule has 0 aliphatic rings. The molecule has 0 amide bonds. The highest BCUT2D eigenvalue weighted by atomic mass is 35.5. The van der Waals surface area contributed by atoms with Crippen LogP contribution in [0.4, 0.5) is 11.9 Å². The molecule has 8 nitrogen and oxygen atoms in total. The molecule has 0 saturated heterocycles. The minimum Gasteiger partial charge on any atom is -0.489 e. The molecule has 0 unspecified atom stereocenters. The number of rotatable bonds is 6. The zero-order valence-corrected chi connectivity index (χ0v) is 14.9. The number of carbonyl (C=O) groups excluding carboxylic acids is 1. The van der Waals surface area contributed by atoms with E-state index in [2.05, 4.69) is 15.0 Å². The van der Waals surface area contributed by atoms with E-state index in [1.165, 1.54) is 0 Å². The van der Waals surface area contributed by atoms with E-state index in [0.29, 0.717) is 22.9 Å². The first-order chi connectivity index (χ1) is 13.0. The molecule has 0 atom stereocenters. The number of ether oxygens (including phenoxy) is 2. The average Bonchev–Trinajstić information content (AvgIpc) is 2.65. The van der Waals surface area contributed by atoms with Crippen LogP contribution in [0.2, 0.25) is 5.02 Å². The lowest BCUT2D eigenvalue weighted by atomic mass is 10.1. The number of benzene rings is 2. The maximum Gasteiger partial charge on any atom is 0.338 e. The third-order valence-electron chi connectivity index (χ3n) is 3.46. The molecule has 3 aromatic rings. The Bertz CT molecular complexity index is 912. The van der Waals surface area contributed by atoms with Crippen LogP contribution in [0, 0.1) is 0 Å². The number of anilines is 2. The first-order valence-corrected chi connectivity index (χ1v) is 8.28. The zero-order chi connectivity index (χ0) is 19.2. The van der Waals surface area contributed by atoms with Crippen molar-refractivity contribution in [3.05, 3.63) is 70.5 Å². The van der Waals surface area contributed by atoms with Gasteiger partial charge in [0.1, 0.15) is 12.4 Å². The van der Waals surface area contributed by atoms with Crippen molar-refractivity contribution >= 4 is 29.5 Å². The van der Waals surface area contributed by atoms with Crippen LogP contribution in [0.15, 0.2) is 48.5 Å². The molecule has 1 aromatic heterocycles. The number of hydrogen-bond donors (Lipinski definition) is 2. The topological polar surface area (TPSA) is 126 Å². The second-order valence-electron chi connectivity index (χ2n) is 5.48. The van der Waals surface area contributed by atoms with Gasteiger partial charge in [0, 0.05) is 5.02 Å². The number of halogens is 1. The standard InChI is InChI=1S/C18H16ClN5O3/c19-13-5-7-14(8-6-13)26-9-11-1-3-12(4-2-11)16(25)27-10-15-22-17(20)24-18(21)23-15/h1-8H,9-10H2,(H4,20,21,22,23,24). The second kappa shape index (κ2) is 8.33. The summed E-state index contributed by atoms with van der Waals surface area (Å²) < 4.78 is 10.8. The molecule has 0 fully saturated rings. The molecule has 9 heteroatoms. The number of nitrogen functional groups attached to an aromatic ring is 2. The van der Waals surface area contributed by atoms with Gasteiger partial charge in [-0.3, -0.25) is 0 Å². The van der Waals surface area contributed by atoms with E-state index >= 15 is 0 Å². The second-order valence-corrected chi connectivity index (χ2v) is 5.92. The van der Waals surface area contributed by atoms with Crippen LogP contribution in [-0.2, 0) is 18.0 Å². The predicted molar refractivity (Wildman–Crippen MR) is 100.0 cm³/mol. The van der Waals surface area contributed by atoms with Gasteiger partial charge >= 0.3 is 5.97 Å². The normalized spacial score (nSPS) is 10.4. The molecule has 0 aliphatic carbocycles. The van der Waals surface area contributed by atoms with Crippen molar-refractivity contribution in [2.45, 2.75) is 13.2 Å². The molecule has 4 N–H and O–H groups in total. The van der Waals surface area contributed by atoms with Crippen LogP contribution >= 0.6 is 11.6 Å². The summed E-state index contributed by atoms with van der Waals surface area (Å²) in [6.07, 6.45) is 0. The van der Waals surface area contributed by atoms with Gasteiger partial charge in [0.2, 0.25) is 11.9 Å². The fraction of sp³-hybridized carbons (Fsp3) is 0.111. The van der Waals surface area contributed by atoms with Gasteiger partial charge < -0.3 is 20.9 Å². The fourth-order valence-corrected chi connectivity index (χ4v) is 2.30. The highest BCUT2D eigenvalue weighted by molar-refractivity contribution is 6.30. The summed E-state index contributed by atoms with van der Waals surface area (Å²) in [6, 6.07) is 14.0. The van der Waals surface area contributed by atoms with Crippen LogP contribution < -0.4 is 16.2 Å². The quantitative estimate of drug-likeness (QED) is 0.620. The first-order valence-electron chi connectivity index (χ1n) is 7.90. The molecule has 1 heterocycles. The fourth-order valence-electron chi connectivity index (χ4n) is 2.17. The molecule has 27 heavy (non-hydrogen) atoms. The molecule has 0 spiro atoms. The molecule has 0 saturated carbocycles. The monoisotopic (exact) mass is 385 g/mol. The van der Waals surface area contributed by atoms with Crippen LogP contribution in [0.25, 0.3) is 0 Å². The van der Waals surface area contributed by atoms with Gasteiger partial charge in [-0.1, -0.05) is 23.7 Å². The minimum atomic E-state index is -0.516. The molecule has 2 aromatic carbocycles. The van der Waals surface area contributed by atoms with Gasteiger partial charge in [-0.05, 0) is 42.0 Å². The summed E-state index contributed by atoms with van der Waals surface area (Å²) in [5.74, 6) is 0.315. The molecular weight excluding hydrogens is 370 g/mol. The van der Waals surface area contributed by atoms with E-state index in [0.717, 1.165) is 5.56 Å². The van der Waals surface area contributed by atoms with E-state index in [4.69, 9.17) is 32.5 Å². The van der Waals surface area contributed by atoms with E-state index in [1.54, 1.807) is 48.5 Å². The first kappa shape index (κ1) is 18.4. The van der Waals surface area contributed by atoms with Crippen molar-refractivity contribution < 1.29 is 14.3 Å². The van der Waals surface area contributed by atoms with E-state index < -0.39 is 5.97 Å². The lowest BCUT2D eigenvalue weighted by molar-refractivity contribution is 0.0462. The van der Waals surface area contributed by atoms with Crippen molar-refractivity contribution in [3.63, 3.8) is 0 Å². The summed E-state index contributed by atoms with van der Waals surface area (Å²) >= 11 is 5.83. The Kier molecular flexibility index (Phi) is 5.68. The van der Waals surface area contributed by atoms with Gasteiger partial charge in [0.05, 0.1) is 5.56 Å². The smallest absolute Gasteiger partial charge is 0.338 e. The van der Waals surface area contributed by atoms with Crippen LogP contribution in [0.5, 0.6) is 5.75 Å². The Morgan fingerprint density at radius 2 is 1.52 bits per heavy atom. The minimum absolute atomic E-state index is 0.0291. The SMILES string of the molecule is Nc1nc(N)nc(COC(=O)c2ccc(COc3ccc(Cl)cc3)cc2)n1. The molecule has 0 bridgehead atoms. The number of nitrogens with zero attached hydrogens (tertiary/aromatic N) is 3. The number of esters is 1. The van der Waals surface area contributed by atoms with E-state index in [-0.39, 0.29) is 24.3 Å². The summed E-state index contributed by atoms with van der Waals surface area (Å²) in [5.41, 5.74) is 12.2. The highest BCUT2D eigenvalue weighted by Gasteiger charge is 2.10. The molecule has 138 valence electrons. The van der Waals surface area contributed by atoms with E-state index in [9.17, 15) is 4.79 Å². The summed E-state index contributed by atoms with van der Waals surface area (Å²) in [7, 11) is 0. The van der Waals surface area contributed by atoms with Crippen LogP contribution in [-0.4, -0.2) is 20.9 Å². The van der Waals surface area contributed by atoms with Crippen molar-refractivity contribution in [1.29, 1.82) is 0 Å². The van der Waals surface area contributed by atoms with E-state index in [1.807, 2.05) is 0 Å². The number of aromatic nitrogens is 3. The Hall–Kier alpha value is -3.39. The molecule has 0 aliphatic heterocycles. The van der Waals surface area contributed by atoms with Crippen molar-refractivity contribution in [3.8, 4) is 5.75 Å².